The summed E-state index contributed by atoms with van der Waals surface area (Å²) >= 11 is 0. The van der Waals surface area contributed by atoms with Crippen molar-refractivity contribution in [1.82, 2.24) is 5.32 Å². The highest BCUT2D eigenvalue weighted by Gasteiger charge is 2.33. The SMILES string of the molecule is CCNC(CCC1CCCC1)C1CCS(=O)(=O)C1. The molecule has 2 rings (SSSR count). The van der Waals surface area contributed by atoms with Gasteiger partial charge in [-0.1, -0.05) is 32.6 Å². The maximum atomic E-state index is 11.6. The van der Waals surface area contributed by atoms with E-state index in [-0.39, 0.29) is 0 Å². The molecule has 3 nitrogen and oxygen atoms in total. The van der Waals surface area contributed by atoms with E-state index in [9.17, 15) is 8.42 Å². The van der Waals surface area contributed by atoms with E-state index >= 15 is 0 Å². The first-order chi connectivity index (χ1) is 8.61. The van der Waals surface area contributed by atoms with Crippen LogP contribution in [0.2, 0.25) is 0 Å². The molecule has 2 aliphatic rings. The fraction of sp³-hybridized carbons (Fsp3) is 1.00. The van der Waals surface area contributed by atoms with E-state index < -0.39 is 9.84 Å². The zero-order valence-electron chi connectivity index (χ0n) is 11.5. The molecule has 1 saturated heterocycles. The predicted molar refractivity (Wildman–Crippen MR) is 75.4 cm³/mol. The minimum atomic E-state index is -2.74. The number of sulfone groups is 1. The third-order valence-corrected chi connectivity index (χ3v) is 6.46. The Morgan fingerprint density at radius 1 is 1.22 bits per heavy atom. The van der Waals surface area contributed by atoms with Gasteiger partial charge < -0.3 is 5.32 Å². The number of hydrogen-bond acceptors (Lipinski definition) is 3. The van der Waals surface area contributed by atoms with Gasteiger partial charge in [0.2, 0.25) is 0 Å². The molecule has 0 amide bonds. The summed E-state index contributed by atoms with van der Waals surface area (Å²) in [5.41, 5.74) is 0. The summed E-state index contributed by atoms with van der Waals surface area (Å²) in [7, 11) is -2.74. The van der Waals surface area contributed by atoms with Gasteiger partial charge in [-0.2, -0.15) is 0 Å². The Labute approximate surface area is 112 Å². The largest absolute Gasteiger partial charge is 0.314 e. The second kappa shape index (κ2) is 6.38. The van der Waals surface area contributed by atoms with Gasteiger partial charge in [0.1, 0.15) is 0 Å². The molecule has 2 atom stereocenters. The van der Waals surface area contributed by atoms with Crippen LogP contribution in [0.1, 0.15) is 51.9 Å². The maximum absolute atomic E-state index is 11.6. The van der Waals surface area contributed by atoms with Gasteiger partial charge in [-0.15, -0.1) is 0 Å². The zero-order chi connectivity index (χ0) is 13.0. The van der Waals surface area contributed by atoms with Gasteiger partial charge in [-0.25, -0.2) is 8.42 Å². The van der Waals surface area contributed by atoms with Crippen molar-refractivity contribution in [3.05, 3.63) is 0 Å². The summed E-state index contributed by atoms with van der Waals surface area (Å²) < 4.78 is 23.2. The van der Waals surface area contributed by atoms with E-state index in [0.29, 0.717) is 23.5 Å². The Kier molecular flexibility index (Phi) is 5.07. The first kappa shape index (κ1) is 14.3. The maximum Gasteiger partial charge on any atom is 0.150 e. The molecule has 0 aromatic rings. The molecule has 18 heavy (non-hydrogen) atoms. The van der Waals surface area contributed by atoms with Gasteiger partial charge in [0, 0.05) is 6.04 Å². The molecule has 1 heterocycles. The molecule has 0 bridgehead atoms. The lowest BCUT2D eigenvalue weighted by Crippen LogP contribution is -2.37. The van der Waals surface area contributed by atoms with Gasteiger partial charge in [-0.05, 0) is 37.6 Å². The molecule has 1 aliphatic heterocycles. The van der Waals surface area contributed by atoms with Crippen LogP contribution in [0.3, 0.4) is 0 Å². The van der Waals surface area contributed by atoms with E-state index in [1.165, 1.54) is 38.5 Å². The fourth-order valence-electron chi connectivity index (χ4n) is 3.62. The molecule has 4 heteroatoms. The summed E-state index contributed by atoms with van der Waals surface area (Å²) in [4.78, 5) is 0. The molecule has 0 aromatic carbocycles. The van der Waals surface area contributed by atoms with Crippen molar-refractivity contribution < 1.29 is 8.42 Å². The van der Waals surface area contributed by atoms with E-state index in [4.69, 9.17) is 0 Å². The van der Waals surface area contributed by atoms with Gasteiger partial charge in [-0.3, -0.25) is 0 Å². The average molecular weight is 273 g/mol. The minimum Gasteiger partial charge on any atom is -0.314 e. The number of rotatable bonds is 6. The topological polar surface area (TPSA) is 46.2 Å². The molecule has 0 spiro atoms. The molecular weight excluding hydrogens is 246 g/mol. The minimum absolute atomic E-state index is 0.358. The highest BCUT2D eigenvalue weighted by molar-refractivity contribution is 7.91. The van der Waals surface area contributed by atoms with Crippen LogP contribution in [-0.4, -0.2) is 32.5 Å². The first-order valence-electron chi connectivity index (χ1n) is 7.54. The van der Waals surface area contributed by atoms with Crippen LogP contribution < -0.4 is 5.32 Å². The van der Waals surface area contributed by atoms with Crippen molar-refractivity contribution in [2.75, 3.05) is 18.1 Å². The molecule has 2 fully saturated rings. The lowest BCUT2D eigenvalue weighted by atomic mass is 9.91. The van der Waals surface area contributed by atoms with Crippen LogP contribution in [0.25, 0.3) is 0 Å². The van der Waals surface area contributed by atoms with Crippen molar-refractivity contribution in [3.63, 3.8) is 0 Å². The van der Waals surface area contributed by atoms with E-state index in [0.717, 1.165) is 18.9 Å². The lowest BCUT2D eigenvalue weighted by molar-refractivity contribution is 0.333. The van der Waals surface area contributed by atoms with E-state index in [1.54, 1.807) is 0 Å². The number of hydrogen-bond donors (Lipinski definition) is 1. The zero-order valence-corrected chi connectivity index (χ0v) is 12.3. The van der Waals surface area contributed by atoms with Crippen LogP contribution in [0.4, 0.5) is 0 Å². The Balaban J connectivity index is 1.83. The Morgan fingerprint density at radius 3 is 2.50 bits per heavy atom. The molecule has 1 saturated carbocycles. The third kappa shape index (κ3) is 3.95. The molecule has 0 radical (unpaired) electrons. The third-order valence-electron chi connectivity index (χ3n) is 4.66. The van der Waals surface area contributed by atoms with E-state index in [2.05, 4.69) is 12.2 Å². The average Bonchev–Trinajstić information content (AvgIpc) is 2.93. The van der Waals surface area contributed by atoms with Crippen LogP contribution in [-0.2, 0) is 9.84 Å². The van der Waals surface area contributed by atoms with Crippen LogP contribution in [0.5, 0.6) is 0 Å². The van der Waals surface area contributed by atoms with E-state index in [1.807, 2.05) is 0 Å². The summed E-state index contributed by atoms with van der Waals surface area (Å²) in [6, 6.07) is 0.424. The fourth-order valence-corrected chi connectivity index (χ4v) is 5.50. The second-order valence-corrected chi connectivity index (χ2v) is 8.28. The van der Waals surface area contributed by atoms with Crippen molar-refractivity contribution >= 4 is 9.84 Å². The summed E-state index contributed by atoms with van der Waals surface area (Å²) in [5.74, 6) is 2.08. The van der Waals surface area contributed by atoms with Crippen molar-refractivity contribution in [1.29, 1.82) is 0 Å². The lowest BCUT2D eigenvalue weighted by Gasteiger charge is -2.24. The van der Waals surface area contributed by atoms with Crippen LogP contribution in [0.15, 0.2) is 0 Å². The van der Waals surface area contributed by atoms with Crippen molar-refractivity contribution in [3.8, 4) is 0 Å². The molecular formula is C14H27NO2S. The second-order valence-electron chi connectivity index (χ2n) is 6.06. The quantitative estimate of drug-likeness (QED) is 0.808. The van der Waals surface area contributed by atoms with Gasteiger partial charge in [0.15, 0.2) is 9.84 Å². The van der Waals surface area contributed by atoms with Crippen molar-refractivity contribution in [2.24, 2.45) is 11.8 Å². The summed E-state index contributed by atoms with van der Waals surface area (Å²) in [6.45, 7) is 3.07. The van der Waals surface area contributed by atoms with Crippen LogP contribution in [0, 0.1) is 11.8 Å². The Bertz CT molecular complexity index is 347. The first-order valence-corrected chi connectivity index (χ1v) is 9.36. The molecule has 2 unspecified atom stereocenters. The molecule has 1 N–H and O–H groups in total. The van der Waals surface area contributed by atoms with Crippen molar-refractivity contribution in [2.45, 2.75) is 57.9 Å². The highest BCUT2D eigenvalue weighted by Crippen LogP contribution is 2.31. The molecule has 1 aliphatic carbocycles. The monoisotopic (exact) mass is 273 g/mol. The standard InChI is InChI=1S/C14H27NO2S/c1-2-15-14(8-7-12-5-3-4-6-12)13-9-10-18(16,17)11-13/h12-15H,2-11H2,1H3. The highest BCUT2D eigenvalue weighted by atomic mass is 32.2. The smallest absolute Gasteiger partial charge is 0.150 e. The summed E-state index contributed by atoms with van der Waals surface area (Å²) in [5, 5.41) is 3.52. The number of nitrogens with one attached hydrogen (secondary N) is 1. The predicted octanol–water partition coefficient (Wildman–Crippen LogP) is 2.37. The van der Waals surface area contributed by atoms with Crippen LogP contribution >= 0.6 is 0 Å². The van der Waals surface area contributed by atoms with Gasteiger partial charge in [0.05, 0.1) is 11.5 Å². The molecule has 106 valence electrons. The molecule has 0 aromatic heterocycles. The van der Waals surface area contributed by atoms with Gasteiger partial charge in [0.25, 0.3) is 0 Å². The Hall–Kier alpha value is -0.0900. The summed E-state index contributed by atoms with van der Waals surface area (Å²) in [6.07, 6.45) is 8.89. The normalized spacial score (nSPS) is 29.7. The van der Waals surface area contributed by atoms with Gasteiger partial charge >= 0.3 is 0 Å². The Morgan fingerprint density at radius 2 is 1.94 bits per heavy atom.